The van der Waals surface area contributed by atoms with Crippen LogP contribution in [0, 0.1) is 0 Å². The lowest BCUT2D eigenvalue weighted by Crippen LogP contribution is -2.18. The fourth-order valence-electron chi connectivity index (χ4n) is 3.46. The van der Waals surface area contributed by atoms with Crippen LogP contribution < -0.4 is 10.2 Å². The molecule has 0 atom stereocenters. The number of nitrogens with one attached hydrogen (secondary N) is 1. The van der Waals surface area contributed by atoms with Crippen LogP contribution in [0.5, 0.6) is 0 Å². The number of fused-ring (bicyclic) bond motifs is 1. The van der Waals surface area contributed by atoms with Crippen molar-refractivity contribution in [2.75, 3.05) is 30.9 Å². The number of aliphatic hydroxyl groups is 1. The molecule has 0 unspecified atom stereocenters. The molecule has 1 amide bonds. The molecule has 0 saturated carbocycles. The molecule has 2 heterocycles. The molecular weight excluding hydrogens is 439 g/mol. The Morgan fingerprint density at radius 1 is 1.15 bits per heavy atom. The van der Waals surface area contributed by atoms with Crippen molar-refractivity contribution in [2.24, 2.45) is 4.99 Å². The van der Waals surface area contributed by atoms with Crippen LogP contribution in [0.2, 0.25) is 0 Å². The van der Waals surface area contributed by atoms with E-state index in [1.165, 1.54) is 25.1 Å². The minimum Gasteiger partial charge on any atom is -0.421 e. The van der Waals surface area contributed by atoms with Crippen molar-refractivity contribution in [3.63, 3.8) is 0 Å². The van der Waals surface area contributed by atoms with Crippen molar-refractivity contribution in [1.29, 1.82) is 0 Å². The van der Waals surface area contributed by atoms with Gasteiger partial charge in [-0.05, 0) is 29.8 Å². The summed E-state index contributed by atoms with van der Waals surface area (Å²) < 4.78 is 46.2. The van der Waals surface area contributed by atoms with Crippen molar-refractivity contribution >= 4 is 28.7 Å². The highest BCUT2D eigenvalue weighted by Gasteiger charge is 2.36. The van der Waals surface area contributed by atoms with Crippen LogP contribution in [0.25, 0.3) is 11.5 Å². The summed E-state index contributed by atoms with van der Waals surface area (Å²) in [5.41, 5.74) is 0.851. The number of aliphatic imine (C=N–C) groups is 1. The number of carbonyl (C=O) groups is 1. The molecule has 1 aliphatic rings. The van der Waals surface area contributed by atoms with E-state index < -0.39 is 17.6 Å². The first-order valence-electron chi connectivity index (χ1n) is 9.99. The Bertz CT molecular complexity index is 1230. The van der Waals surface area contributed by atoms with Crippen molar-refractivity contribution in [3.05, 3.63) is 53.4 Å². The molecule has 0 saturated heterocycles. The summed E-state index contributed by atoms with van der Waals surface area (Å²) in [6.07, 6.45) is -4.49. The lowest BCUT2D eigenvalue weighted by Gasteiger charge is -2.21. The van der Waals surface area contributed by atoms with Gasteiger partial charge < -0.3 is 19.7 Å². The maximum Gasteiger partial charge on any atom is 0.418 e. The van der Waals surface area contributed by atoms with Crippen molar-refractivity contribution in [3.8, 4) is 11.5 Å². The summed E-state index contributed by atoms with van der Waals surface area (Å²) >= 11 is 0. The fraction of sp³-hybridized carbons (Fsp3) is 0.273. The molecule has 3 aromatic rings. The van der Waals surface area contributed by atoms with Gasteiger partial charge in [-0.15, -0.1) is 10.2 Å². The van der Waals surface area contributed by atoms with Gasteiger partial charge in [-0.25, -0.2) is 0 Å². The van der Waals surface area contributed by atoms with E-state index >= 15 is 0 Å². The van der Waals surface area contributed by atoms with Crippen LogP contribution in [0.4, 0.5) is 30.2 Å². The molecule has 1 aliphatic heterocycles. The molecule has 0 fully saturated rings. The monoisotopic (exact) mass is 459 g/mol. The number of anilines is 2. The molecule has 8 nitrogen and oxygen atoms in total. The molecule has 0 aliphatic carbocycles. The van der Waals surface area contributed by atoms with Gasteiger partial charge in [0.25, 0.3) is 0 Å². The highest BCUT2D eigenvalue weighted by atomic mass is 19.4. The summed E-state index contributed by atoms with van der Waals surface area (Å²) in [5, 5.41) is 19.4. The molecule has 0 bridgehead atoms. The van der Waals surface area contributed by atoms with E-state index in [1.807, 2.05) is 0 Å². The van der Waals surface area contributed by atoms with E-state index in [4.69, 9.17) is 9.52 Å². The molecule has 2 aromatic carbocycles. The number of halogens is 3. The van der Waals surface area contributed by atoms with E-state index in [-0.39, 0.29) is 48.3 Å². The Kier molecular flexibility index (Phi) is 5.90. The molecule has 4 rings (SSSR count). The lowest BCUT2D eigenvalue weighted by molar-refractivity contribution is -0.137. The van der Waals surface area contributed by atoms with Gasteiger partial charge in [0.1, 0.15) is 0 Å². The maximum atomic E-state index is 13.6. The molecule has 172 valence electrons. The molecular formula is C22H20F3N5O3. The zero-order valence-corrected chi connectivity index (χ0v) is 17.8. The van der Waals surface area contributed by atoms with Crippen molar-refractivity contribution in [2.45, 2.75) is 19.0 Å². The Balaban J connectivity index is 1.78. The number of aromatic nitrogens is 2. The van der Waals surface area contributed by atoms with Crippen LogP contribution in [-0.2, 0) is 17.4 Å². The quantitative estimate of drug-likeness (QED) is 0.601. The number of benzene rings is 2. The van der Waals surface area contributed by atoms with E-state index in [0.717, 1.165) is 6.07 Å². The van der Waals surface area contributed by atoms with Crippen molar-refractivity contribution in [1.82, 2.24) is 10.2 Å². The largest absolute Gasteiger partial charge is 0.421 e. The molecule has 0 radical (unpaired) electrons. The number of amides is 1. The third-order valence-corrected chi connectivity index (χ3v) is 4.99. The third-order valence-electron chi connectivity index (χ3n) is 4.99. The first-order chi connectivity index (χ1) is 15.7. The third kappa shape index (κ3) is 4.72. The zero-order valence-electron chi connectivity index (χ0n) is 17.8. The Hall–Kier alpha value is -3.73. The number of rotatable bonds is 5. The average Bonchev–Trinajstić information content (AvgIpc) is 3.15. The molecule has 1 aromatic heterocycles. The first kappa shape index (κ1) is 22.5. The summed E-state index contributed by atoms with van der Waals surface area (Å²) in [5.74, 6) is 0.0467. The number of hydrogen-bond donors (Lipinski definition) is 2. The highest BCUT2D eigenvalue weighted by Crippen LogP contribution is 2.43. The van der Waals surface area contributed by atoms with Gasteiger partial charge in [0.2, 0.25) is 17.7 Å². The summed E-state index contributed by atoms with van der Waals surface area (Å²) in [7, 11) is 3.02. The van der Waals surface area contributed by atoms with Crippen LogP contribution in [-0.4, -0.2) is 47.6 Å². The van der Waals surface area contributed by atoms with Gasteiger partial charge in [-0.1, -0.05) is 12.1 Å². The second kappa shape index (κ2) is 8.66. The van der Waals surface area contributed by atoms with E-state index in [9.17, 15) is 18.0 Å². The van der Waals surface area contributed by atoms with Gasteiger partial charge in [0, 0.05) is 26.1 Å². The minimum atomic E-state index is -4.59. The molecule has 2 N–H and O–H groups in total. The number of nitrogens with zero attached hydrogens (tertiary/aromatic N) is 4. The lowest BCUT2D eigenvalue weighted by atomic mass is 10.0. The summed E-state index contributed by atoms with van der Waals surface area (Å²) in [6.45, 7) is -0.127. The summed E-state index contributed by atoms with van der Waals surface area (Å²) in [6, 6.07) is 9.14. The predicted molar refractivity (Wildman–Crippen MR) is 116 cm³/mol. The van der Waals surface area contributed by atoms with Crippen LogP contribution >= 0.6 is 0 Å². The topological polar surface area (TPSA) is 104 Å². The first-order valence-corrected chi connectivity index (χ1v) is 9.99. The standard InChI is InChI=1S/C22H20F3N5O3/c1-30(2)18-10-17-16(9-14(18)22(23,24)25)27-19(32)11-15(26-17)12-4-3-5-13(8-12)21-29-28-20(33-21)6-7-31/h3-5,8-10,31H,6-7,11H2,1-2H3,(H,27,32). The molecule has 33 heavy (non-hydrogen) atoms. The Morgan fingerprint density at radius 3 is 2.61 bits per heavy atom. The predicted octanol–water partition coefficient (Wildman–Crippen LogP) is 3.82. The van der Waals surface area contributed by atoms with Crippen LogP contribution in [0.15, 0.2) is 45.8 Å². The van der Waals surface area contributed by atoms with E-state index in [0.29, 0.717) is 16.8 Å². The fourth-order valence-corrected chi connectivity index (χ4v) is 3.46. The second-order valence-corrected chi connectivity index (χ2v) is 7.62. The Labute approximate surface area is 186 Å². The van der Waals surface area contributed by atoms with Gasteiger partial charge in [-0.3, -0.25) is 9.79 Å². The SMILES string of the molecule is CN(C)c1cc2c(cc1C(F)(F)F)NC(=O)CC(c1cccc(-c3nnc(CCO)o3)c1)=N2. The maximum absolute atomic E-state index is 13.6. The van der Waals surface area contributed by atoms with Crippen LogP contribution in [0.1, 0.15) is 23.4 Å². The highest BCUT2D eigenvalue weighted by molar-refractivity contribution is 6.17. The smallest absolute Gasteiger partial charge is 0.418 e. The number of aliphatic hydroxyl groups excluding tert-OH is 1. The van der Waals surface area contributed by atoms with Crippen molar-refractivity contribution < 1.29 is 27.5 Å². The second-order valence-electron chi connectivity index (χ2n) is 7.62. The Morgan fingerprint density at radius 2 is 1.91 bits per heavy atom. The van der Waals surface area contributed by atoms with E-state index in [1.54, 1.807) is 24.3 Å². The molecule has 11 heteroatoms. The number of hydrogen-bond acceptors (Lipinski definition) is 7. The number of alkyl halides is 3. The van der Waals surface area contributed by atoms with Crippen LogP contribution in [0.3, 0.4) is 0 Å². The van der Waals surface area contributed by atoms with Gasteiger partial charge in [0.15, 0.2) is 0 Å². The average molecular weight is 459 g/mol. The summed E-state index contributed by atoms with van der Waals surface area (Å²) in [4.78, 5) is 18.4. The van der Waals surface area contributed by atoms with Gasteiger partial charge in [0.05, 0.1) is 41.4 Å². The zero-order chi connectivity index (χ0) is 23.8. The van der Waals surface area contributed by atoms with E-state index in [2.05, 4.69) is 20.5 Å². The normalized spacial score (nSPS) is 13.8. The van der Waals surface area contributed by atoms with Gasteiger partial charge >= 0.3 is 6.18 Å². The van der Waals surface area contributed by atoms with Gasteiger partial charge in [-0.2, -0.15) is 13.2 Å². The minimum absolute atomic E-state index is 0.00498. The number of carbonyl (C=O) groups excluding carboxylic acids is 1. The molecule has 0 spiro atoms.